The number of ether oxygens (including phenoxy) is 1. The van der Waals surface area contributed by atoms with Gasteiger partial charge in [-0.05, 0) is 68.0 Å². The molecule has 43 heavy (non-hydrogen) atoms. The number of amides is 1. The molecule has 1 aliphatic heterocycles. The Labute approximate surface area is 253 Å². The first-order chi connectivity index (χ1) is 20.2. The molecule has 2 aromatic carbocycles. The highest BCUT2D eigenvalue weighted by molar-refractivity contribution is 7.92. The monoisotopic (exact) mass is 602 g/mol. The summed E-state index contributed by atoms with van der Waals surface area (Å²) in [6.45, 7) is 12.6. The Kier molecular flexibility index (Phi) is 8.04. The molecule has 0 saturated carbocycles. The topological polar surface area (TPSA) is 119 Å². The zero-order chi connectivity index (χ0) is 31.1. The highest BCUT2D eigenvalue weighted by Crippen LogP contribution is 2.31. The summed E-state index contributed by atoms with van der Waals surface area (Å²) in [4.78, 5) is 24.9. The van der Waals surface area contributed by atoms with Crippen molar-refractivity contribution >= 4 is 21.9 Å². The van der Waals surface area contributed by atoms with Crippen molar-refractivity contribution in [1.82, 2.24) is 24.6 Å². The summed E-state index contributed by atoms with van der Waals surface area (Å²) in [7, 11) is -2.28. The Morgan fingerprint density at radius 2 is 1.70 bits per heavy atom. The van der Waals surface area contributed by atoms with Crippen LogP contribution in [0.1, 0.15) is 60.1 Å². The highest BCUT2D eigenvalue weighted by atomic mass is 32.2. The van der Waals surface area contributed by atoms with E-state index in [-0.39, 0.29) is 52.8 Å². The minimum absolute atomic E-state index is 0.0675. The molecule has 3 heterocycles. The molecule has 1 aliphatic rings. The molecule has 4 aromatic rings. The molecule has 2 aromatic heterocycles. The van der Waals surface area contributed by atoms with Crippen molar-refractivity contribution in [2.75, 3.05) is 11.3 Å². The number of aryl methyl sites for hydroxylation is 4. The summed E-state index contributed by atoms with van der Waals surface area (Å²) in [6.07, 6.45) is 0.614. The average molecular weight is 603 g/mol. The molecule has 5 rings (SSSR count). The first-order valence-electron chi connectivity index (χ1n) is 14.2. The number of fused-ring (bicyclic) bond motifs is 4. The van der Waals surface area contributed by atoms with E-state index in [2.05, 4.69) is 40.6 Å². The smallest absolute Gasteiger partial charge is 0.264 e. The molecule has 0 spiro atoms. The molecular formula is C32H38N6O4S. The van der Waals surface area contributed by atoms with Gasteiger partial charge in [0.05, 0.1) is 28.9 Å². The maximum atomic E-state index is 14.2. The standard InChI is InChI=1S/C32H38N6O4S/c1-20-10-8-11-21(2)29(20)27-16-28-34-31(33-27)36-43(40,41)26-13-9-12-23(15-26)30(39)38(18-24-14-22(3)37(7)35-24)25(19-42-28)17-32(4,5)6/h8-16,25H,17-19H2,1-7H3,(H,33,34,36)/t25-/m1/s1. The summed E-state index contributed by atoms with van der Waals surface area (Å²) in [5.74, 6) is -0.220. The van der Waals surface area contributed by atoms with Crippen molar-refractivity contribution in [3.8, 4) is 17.1 Å². The third kappa shape index (κ3) is 6.72. The van der Waals surface area contributed by atoms with Crippen LogP contribution in [0.4, 0.5) is 5.95 Å². The lowest BCUT2D eigenvalue weighted by atomic mass is 9.87. The number of anilines is 1. The van der Waals surface area contributed by atoms with E-state index < -0.39 is 10.0 Å². The molecule has 10 nitrogen and oxygen atoms in total. The summed E-state index contributed by atoms with van der Waals surface area (Å²) >= 11 is 0. The number of nitrogens with one attached hydrogen (secondary N) is 1. The molecule has 4 bridgehead atoms. The van der Waals surface area contributed by atoms with E-state index in [1.807, 2.05) is 52.1 Å². The zero-order valence-electron chi connectivity index (χ0n) is 25.7. The van der Waals surface area contributed by atoms with E-state index in [9.17, 15) is 13.2 Å². The third-order valence-corrected chi connectivity index (χ3v) is 8.85. The van der Waals surface area contributed by atoms with Crippen LogP contribution in [0, 0.1) is 26.2 Å². The first-order valence-corrected chi connectivity index (χ1v) is 15.7. The first kappa shape index (κ1) is 30.2. The molecule has 0 radical (unpaired) electrons. The maximum absolute atomic E-state index is 14.2. The molecule has 1 N–H and O–H groups in total. The van der Waals surface area contributed by atoms with Crippen molar-refractivity contribution in [2.24, 2.45) is 12.5 Å². The number of hydrogen-bond donors (Lipinski definition) is 1. The number of nitrogens with zero attached hydrogens (tertiary/aromatic N) is 5. The SMILES string of the molecule is Cc1cccc(C)c1-c1cc2nc(n1)NS(=O)(=O)c1cccc(c1)C(=O)N(Cc1cc(C)n(C)n1)[C@H](CC(C)(C)C)CO2. The quantitative estimate of drug-likeness (QED) is 0.330. The molecule has 0 unspecified atom stereocenters. The van der Waals surface area contributed by atoms with Crippen LogP contribution in [0.15, 0.2) is 59.5 Å². The van der Waals surface area contributed by atoms with Crippen LogP contribution >= 0.6 is 0 Å². The predicted molar refractivity (Wildman–Crippen MR) is 165 cm³/mol. The van der Waals surface area contributed by atoms with E-state index in [0.29, 0.717) is 12.1 Å². The van der Waals surface area contributed by atoms with Gasteiger partial charge in [0.25, 0.3) is 15.9 Å². The Balaban J connectivity index is 1.68. The van der Waals surface area contributed by atoms with Gasteiger partial charge in [-0.3, -0.25) is 9.48 Å². The Morgan fingerprint density at radius 1 is 1.00 bits per heavy atom. The lowest BCUT2D eigenvalue weighted by Gasteiger charge is -2.35. The third-order valence-electron chi connectivity index (χ3n) is 7.53. The Bertz CT molecular complexity index is 1750. The van der Waals surface area contributed by atoms with Gasteiger partial charge >= 0.3 is 0 Å². The van der Waals surface area contributed by atoms with Crippen molar-refractivity contribution in [1.29, 1.82) is 0 Å². The fourth-order valence-electron chi connectivity index (χ4n) is 5.43. The minimum atomic E-state index is -4.14. The maximum Gasteiger partial charge on any atom is 0.264 e. The molecule has 11 heteroatoms. The van der Waals surface area contributed by atoms with E-state index >= 15 is 0 Å². The number of rotatable bonds is 4. The van der Waals surface area contributed by atoms with Crippen LogP contribution < -0.4 is 9.46 Å². The van der Waals surface area contributed by atoms with Gasteiger partial charge < -0.3 is 9.64 Å². The summed E-state index contributed by atoms with van der Waals surface area (Å²) < 4.78 is 37.7. The lowest BCUT2D eigenvalue weighted by molar-refractivity contribution is 0.0509. The fourth-order valence-corrected chi connectivity index (χ4v) is 6.42. The molecule has 1 atom stereocenters. The highest BCUT2D eigenvalue weighted by Gasteiger charge is 2.32. The van der Waals surface area contributed by atoms with Crippen molar-refractivity contribution in [2.45, 2.75) is 65.4 Å². The van der Waals surface area contributed by atoms with Crippen molar-refractivity contribution < 1.29 is 17.9 Å². The lowest BCUT2D eigenvalue weighted by Crippen LogP contribution is -2.45. The number of aromatic nitrogens is 4. The van der Waals surface area contributed by atoms with Crippen molar-refractivity contribution in [3.63, 3.8) is 0 Å². The summed E-state index contributed by atoms with van der Waals surface area (Å²) in [6, 6.07) is 15.2. The largest absolute Gasteiger partial charge is 0.475 e. The van der Waals surface area contributed by atoms with Gasteiger partial charge in [-0.15, -0.1) is 0 Å². The minimum Gasteiger partial charge on any atom is -0.475 e. The second-order valence-electron chi connectivity index (χ2n) is 12.4. The predicted octanol–water partition coefficient (Wildman–Crippen LogP) is 5.44. The molecule has 226 valence electrons. The van der Waals surface area contributed by atoms with Gasteiger partial charge in [0.2, 0.25) is 11.8 Å². The van der Waals surface area contributed by atoms with Crippen LogP contribution in [0.25, 0.3) is 11.3 Å². The van der Waals surface area contributed by atoms with E-state index in [4.69, 9.17) is 4.74 Å². The van der Waals surface area contributed by atoms with E-state index in [0.717, 1.165) is 28.1 Å². The molecule has 0 aliphatic carbocycles. The Hall–Kier alpha value is -4.25. The molecule has 0 saturated heterocycles. The summed E-state index contributed by atoms with van der Waals surface area (Å²) in [5, 5.41) is 4.61. The second-order valence-corrected chi connectivity index (χ2v) is 14.1. The van der Waals surface area contributed by atoms with Gasteiger partial charge in [-0.2, -0.15) is 10.1 Å². The average Bonchev–Trinajstić information content (AvgIpc) is 3.24. The normalized spacial score (nSPS) is 16.9. The van der Waals surface area contributed by atoms with Gasteiger partial charge in [-0.1, -0.05) is 45.0 Å². The molecule has 1 amide bonds. The molecular weight excluding hydrogens is 564 g/mol. The van der Waals surface area contributed by atoms with Gasteiger partial charge in [0, 0.05) is 29.9 Å². The zero-order valence-corrected chi connectivity index (χ0v) is 26.5. The molecule has 0 fully saturated rings. The van der Waals surface area contributed by atoms with E-state index in [1.54, 1.807) is 27.8 Å². The van der Waals surface area contributed by atoms with Gasteiger partial charge in [0.1, 0.15) is 6.61 Å². The fraction of sp³-hybridized carbons (Fsp3) is 0.375. The number of carbonyl (C=O) groups is 1. The second kappa shape index (κ2) is 11.4. The van der Waals surface area contributed by atoms with Crippen molar-refractivity contribution in [3.05, 3.63) is 82.7 Å². The van der Waals surface area contributed by atoms with Crippen LogP contribution in [-0.2, 0) is 23.6 Å². The number of benzene rings is 2. The van der Waals surface area contributed by atoms with E-state index in [1.165, 1.54) is 12.1 Å². The Morgan fingerprint density at radius 3 is 2.35 bits per heavy atom. The van der Waals surface area contributed by atoms with Crippen LogP contribution in [0.5, 0.6) is 5.88 Å². The number of sulfonamides is 1. The van der Waals surface area contributed by atoms with Gasteiger partial charge in [0.15, 0.2) is 0 Å². The van der Waals surface area contributed by atoms with Gasteiger partial charge in [-0.25, -0.2) is 18.1 Å². The van der Waals surface area contributed by atoms with Crippen LogP contribution in [0.3, 0.4) is 0 Å². The van der Waals surface area contributed by atoms with Crippen LogP contribution in [0.2, 0.25) is 0 Å². The number of carbonyl (C=O) groups excluding carboxylic acids is 1. The van der Waals surface area contributed by atoms with Crippen LogP contribution in [-0.4, -0.2) is 51.6 Å². The number of hydrogen-bond acceptors (Lipinski definition) is 7. The summed E-state index contributed by atoms with van der Waals surface area (Å²) in [5.41, 5.74) is 5.15.